The quantitative estimate of drug-likeness (QED) is 0.820. The van der Waals surface area contributed by atoms with Crippen LogP contribution in [0.3, 0.4) is 0 Å². The molecule has 0 amide bonds. The van der Waals surface area contributed by atoms with Crippen LogP contribution in [0, 0.1) is 0 Å². The summed E-state index contributed by atoms with van der Waals surface area (Å²) in [5, 5.41) is 3.46. The lowest BCUT2D eigenvalue weighted by molar-refractivity contribution is 0.172. The summed E-state index contributed by atoms with van der Waals surface area (Å²) in [6.07, 6.45) is 1.13. The number of nitrogens with zero attached hydrogens (tertiary/aromatic N) is 1. The predicted molar refractivity (Wildman–Crippen MR) is 71.9 cm³/mol. The van der Waals surface area contributed by atoms with Gasteiger partial charge in [0.1, 0.15) is 19.0 Å². The average Bonchev–Trinajstić information content (AvgIpc) is 3.01. The lowest BCUT2D eigenvalue weighted by Gasteiger charge is -2.17. The van der Waals surface area contributed by atoms with Gasteiger partial charge in [-0.3, -0.25) is 0 Å². The number of ether oxygens (including phenoxy) is 2. The monoisotopic (exact) mass is 259 g/mol. The van der Waals surface area contributed by atoms with E-state index in [1.807, 2.05) is 12.1 Å². The van der Waals surface area contributed by atoms with Crippen molar-refractivity contribution in [3.63, 3.8) is 0 Å². The highest BCUT2D eigenvalue weighted by atomic mass is 16.6. The molecule has 2 N–H and O–H groups in total. The maximum atomic E-state index is 5.60. The first-order valence-electron chi connectivity index (χ1n) is 6.84. The number of hydrogen-bond donors (Lipinski definition) is 2. The lowest BCUT2D eigenvalue weighted by atomic mass is 10.0. The van der Waals surface area contributed by atoms with Crippen molar-refractivity contribution < 1.29 is 9.47 Å². The van der Waals surface area contributed by atoms with Crippen LogP contribution in [-0.4, -0.2) is 35.8 Å². The van der Waals surface area contributed by atoms with Crippen LogP contribution in [0.2, 0.25) is 0 Å². The van der Waals surface area contributed by atoms with Crippen molar-refractivity contribution in [2.75, 3.05) is 19.8 Å². The first-order chi connectivity index (χ1) is 9.31. The second-order valence-corrected chi connectivity index (χ2v) is 5.27. The SMILES string of the molecule is CC1NCCC1c1nc2cc3c(cc2[nH]1)OCCO3. The van der Waals surface area contributed by atoms with Gasteiger partial charge in [-0.25, -0.2) is 4.98 Å². The molecule has 5 heteroatoms. The topological polar surface area (TPSA) is 59.2 Å². The van der Waals surface area contributed by atoms with E-state index in [0.29, 0.717) is 25.2 Å². The van der Waals surface area contributed by atoms with Crippen molar-refractivity contribution >= 4 is 11.0 Å². The fourth-order valence-corrected chi connectivity index (χ4v) is 2.97. The van der Waals surface area contributed by atoms with Gasteiger partial charge in [-0.15, -0.1) is 0 Å². The number of hydrogen-bond acceptors (Lipinski definition) is 4. The summed E-state index contributed by atoms with van der Waals surface area (Å²) in [5.74, 6) is 3.14. The molecule has 1 aromatic carbocycles. The van der Waals surface area contributed by atoms with Crippen LogP contribution in [0.5, 0.6) is 11.5 Å². The Hall–Kier alpha value is -1.75. The molecule has 2 aliphatic rings. The van der Waals surface area contributed by atoms with Gasteiger partial charge >= 0.3 is 0 Å². The van der Waals surface area contributed by atoms with E-state index in [4.69, 9.17) is 14.5 Å². The third kappa shape index (κ3) is 1.76. The number of fused-ring (bicyclic) bond motifs is 2. The molecule has 2 aliphatic heterocycles. The van der Waals surface area contributed by atoms with Crippen LogP contribution in [0.25, 0.3) is 11.0 Å². The zero-order valence-corrected chi connectivity index (χ0v) is 10.9. The highest BCUT2D eigenvalue weighted by molar-refractivity contribution is 5.80. The Morgan fingerprint density at radius 1 is 1.21 bits per heavy atom. The van der Waals surface area contributed by atoms with Gasteiger partial charge in [0.15, 0.2) is 11.5 Å². The Labute approximate surface area is 111 Å². The summed E-state index contributed by atoms with van der Waals surface area (Å²) in [7, 11) is 0. The van der Waals surface area contributed by atoms with E-state index in [-0.39, 0.29) is 0 Å². The Morgan fingerprint density at radius 3 is 2.74 bits per heavy atom. The highest BCUT2D eigenvalue weighted by Crippen LogP contribution is 2.35. The summed E-state index contributed by atoms with van der Waals surface area (Å²) in [6.45, 7) is 4.50. The van der Waals surface area contributed by atoms with E-state index < -0.39 is 0 Å². The minimum atomic E-state index is 0.464. The normalized spacial score (nSPS) is 25.9. The van der Waals surface area contributed by atoms with Gasteiger partial charge in [0.05, 0.1) is 11.0 Å². The first kappa shape index (κ1) is 11.1. The third-order valence-corrected chi connectivity index (χ3v) is 4.04. The number of H-pyrrole nitrogens is 1. The molecule has 2 aromatic rings. The van der Waals surface area contributed by atoms with Crippen LogP contribution in [0.15, 0.2) is 12.1 Å². The molecule has 2 unspecified atom stereocenters. The van der Waals surface area contributed by atoms with E-state index in [2.05, 4.69) is 17.2 Å². The predicted octanol–water partition coefficient (Wildman–Crippen LogP) is 1.80. The number of nitrogens with one attached hydrogen (secondary N) is 2. The van der Waals surface area contributed by atoms with E-state index in [1.54, 1.807) is 0 Å². The highest BCUT2D eigenvalue weighted by Gasteiger charge is 2.27. The summed E-state index contributed by atoms with van der Waals surface area (Å²) in [4.78, 5) is 8.15. The maximum Gasteiger partial charge on any atom is 0.163 e. The van der Waals surface area contributed by atoms with Crippen molar-refractivity contribution in [1.82, 2.24) is 15.3 Å². The minimum Gasteiger partial charge on any atom is -0.486 e. The van der Waals surface area contributed by atoms with Crippen LogP contribution in [0.1, 0.15) is 25.1 Å². The smallest absolute Gasteiger partial charge is 0.163 e. The largest absolute Gasteiger partial charge is 0.486 e. The number of imidazole rings is 1. The summed E-state index contributed by atoms with van der Waals surface area (Å²) < 4.78 is 11.2. The molecule has 1 saturated heterocycles. The second kappa shape index (κ2) is 4.13. The molecule has 19 heavy (non-hydrogen) atoms. The molecule has 4 rings (SSSR count). The van der Waals surface area contributed by atoms with Crippen molar-refractivity contribution in [2.45, 2.75) is 25.3 Å². The van der Waals surface area contributed by atoms with Crippen LogP contribution in [-0.2, 0) is 0 Å². The van der Waals surface area contributed by atoms with Gasteiger partial charge in [0, 0.05) is 24.1 Å². The third-order valence-electron chi connectivity index (χ3n) is 4.04. The van der Waals surface area contributed by atoms with Crippen LogP contribution >= 0.6 is 0 Å². The second-order valence-electron chi connectivity index (χ2n) is 5.27. The maximum absolute atomic E-state index is 5.60. The molecule has 1 aromatic heterocycles. The van der Waals surface area contributed by atoms with E-state index in [1.165, 1.54) is 0 Å². The van der Waals surface area contributed by atoms with Crippen molar-refractivity contribution in [1.29, 1.82) is 0 Å². The molecule has 0 spiro atoms. The van der Waals surface area contributed by atoms with Gasteiger partial charge in [0.25, 0.3) is 0 Å². The Bertz CT molecular complexity index is 579. The van der Waals surface area contributed by atoms with E-state index in [9.17, 15) is 0 Å². The fraction of sp³-hybridized carbons (Fsp3) is 0.500. The van der Waals surface area contributed by atoms with Crippen LogP contribution in [0.4, 0.5) is 0 Å². The molecule has 0 bridgehead atoms. The average molecular weight is 259 g/mol. The Morgan fingerprint density at radius 2 is 2.00 bits per heavy atom. The Kier molecular flexibility index (Phi) is 2.41. The number of benzene rings is 1. The Balaban J connectivity index is 1.78. The van der Waals surface area contributed by atoms with Crippen LogP contribution < -0.4 is 14.8 Å². The molecule has 2 atom stereocenters. The summed E-state index contributed by atoms with van der Waals surface area (Å²) in [5.41, 5.74) is 1.98. The molecular formula is C14H17N3O2. The summed E-state index contributed by atoms with van der Waals surface area (Å²) >= 11 is 0. The van der Waals surface area contributed by atoms with Crippen molar-refractivity contribution in [2.24, 2.45) is 0 Å². The number of aromatic amines is 1. The summed E-state index contributed by atoms with van der Waals surface area (Å²) in [6, 6.07) is 4.44. The molecule has 0 aliphatic carbocycles. The number of rotatable bonds is 1. The van der Waals surface area contributed by atoms with Gasteiger partial charge in [0.2, 0.25) is 0 Å². The fourth-order valence-electron chi connectivity index (χ4n) is 2.97. The van der Waals surface area contributed by atoms with Gasteiger partial charge < -0.3 is 19.8 Å². The molecule has 0 radical (unpaired) electrons. The first-order valence-corrected chi connectivity index (χ1v) is 6.84. The van der Waals surface area contributed by atoms with E-state index in [0.717, 1.165) is 41.3 Å². The molecular weight excluding hydrogens is 242 g/mol. The zero-order chi connectivity index (χ0) is 12.8. The van der Waals surface area contributed by atoms with E-state index >= 15 is 0 Å². The molecule has 1 fully saturated rings. The molecule has 3 heterocycles. The number of aromatic nitrogens is 2. The van der Waals surface area contributed by atoms with Gasteiger partial charge in [-0.1, -0.05) is 0 Å². The molecule has 100 valence electrons. The lowest BCUT2D eigenvalue weighted by Crippen LogP contribution is -2.22. The molecule has 0 saturated carbocycles. The van der Waals surface area contributed by atoms with Crippen molar-refractivity contribution in [3.8, 4) is 11.5 Å². The van der Waals surface area contributed by atoms with Gasteiger partial charge in [-0.2, -0.15) is 0 Å². The minimum absolute atomic E-state index is 0.464. The zero-order valence-electron chi connectivity index (χ0n) is 10.9. The standard InChI is InChI=1S/C14H17N3O2/c1-8-9(2-3-15-8)14-16-10-6-12-13(7-11(10)17-14)19-5-4-18-12/h6-9,15H,2-5H2,1H3,(H,16,17). The van der Waals surface area contributed by atoms with Crippen molar-refractivity contribution in [3.05, 3.63) is 18.0 Å². The molecule has 5 nitrogen and oxygen atoms in total. The van der Waals surface area contributed by atoms with Gasteiger partial charge in [-0.05, 0) is 19.9 Å².